The molecule has 1 fully saturated rings. The van der Waals surface area contributed by atoms with E-state index in [-0.39, 0.29) is 8.76 Å². The lowest BCUT2D eigenvalue weighted by atomic mass is 10.2. The van der Waals surface area contributed by atoms with Gasteiger partial charge in [0, 0.05) is 45.6 Å². The van der Waals surface area contributed by atoms with Gasteiger partial charge >= 0.3 is 0 Å². The third-order valence-corrected chi connectivity index (χ3v) is 3.52. The number of nitrogens with two attached hydrogens (primary N) is 1. The highest BCUT2D eigenvalue weighted by Gasteiger charge is 2.05. The van der Waals surface area contributed by atoms with Gasteiger partial charge in [0.05, 0.1) is 7.11 Å². The van der Waals surface area contributed by atoms with Gasteiger partial charge in [0.1, 0.15) is 11.5 Å². The number of pyridine rings is 1. The Labute approximate surface area is 155 Å². The van der Waals surface area contributed by atoms with Crippen LogP contribution in [0.15, 0.2) is 48.7 Å². The molecule has 0 atom stereocenters. The lowest BCUT2D eigenvalue weighted by Crippen LogP contribution is -2.12. The van der Waals surface area contributed by atoms with Gasteiger partial charge in [-0.15, -0.1) is 0 Å². The van der Waals surface area contributed by atoms with Crippen LogP contribution in [-0.4, -0.2) is 30.8 Å². The molecule has 0 spiro atoms. The molecule has 0 aliphatic carbocycles. The number of aromatic nitrogens is 1. The molecular formula is C19H26N4O3. The molecule has 0 bridgehead atoms. The second-order valence-corrected chi connectivity index (χ2v) is 5.40. The Hall–Kier alpha value is -3.35. The number of nitrogens with zero attached hydrogens (tertiary/aromatic N) is 1. The number of rotatable bonds is 5. The van der Waals surface area contributed by atoms with Crippen molar-refractivity contribution < 1.29 is 17.1 Å². The van der Waals surface area contributed by atoms with Gasteiger partial charge in [-0.25, -0.2) is 4.98 Å². The minimum absolute atomic E-state index is 0. The first-order valence-corrected chi connectivity index (χ1v) is 8.13. The predicted octanol–water partition coefficient (Wildman–Crippen LogP) is 3.22. The summed E-state index contributed by atoms with van der Waals surface area (Å²) in [5.74, 6) is 2.12. The summed E-state index contributed by atoms with van der Waals surface area (Å²) in [5.41, 5.74) is 6.99. The first kappa shape index (κ1) is 19.0. The van der Waals surface area contributed by atoms with Gasteiger partial charge in [0.15, 0.2) is 0 Å². The van der Waals surface area contributed by atoms with E-state index in [9.17, 15) is 4.79 Å². The van der Waals surface area contributed by atoms with Crippen molar-refractivity contribution in [2.45, 2.75) is 12.8 Å². The number of hydrogen-bond donors (Lipinski definition) is 3. The molecule has 2 aromatic rings. The summed E-state index contributed by atoms with van der Waals surface area (Å²) in [6.45, 7) is 0.888. The Kier molecular flexibility index (Phi) is 7.17. The van der Waals surface area contributed by atoms with Gasteiger partial charge < -0.3 is 25.9 Å². The summed E-state index contributed by atoms with van der Waals surface area (Å²) in [5, 5.41) is 9.65. The maximum atomic E-state index is 10.1. The molecule has 7 nitrogen and oxygen atoms in total. The minimum atomic E-state index is 0. The fourth-order valence-corrected chi connectivity index (χ4v) is 2.13. The molecule has 1 amide bonds. The highest BCUT2D eigenvalue weighted by molar-refractivity contribution is 5.81. The number of carbonyl (C=O) groups excluding carboxylic acids is 1. The molecule has 0 saturated carbocycles. The van der Waals surface area contributed by atoms with Crippen molar-refractivity contribution in [3.05, 3.63) is 54.2 Å². The summed E-state index contributed by atoms with van der Waals surface area (Å²) < 4.78 is 10.7. The van der Waals surface area contributed by atoms with Crippen molar-refractivity contribution in [2.75, 3.05) is 13.7 Å². The third-order valence-electron chi connectivity index (χ3n) is 3.52. The average Bonchev–Trinajstić information content (AvgIpc) is 3.15. The van der Waals surface area contributed by atoms with Crippen molar-refractivity contribution in [3.8, 4) is 17.4 Å². The summed E-state index contributed by atoms with van der Waals surface area (Å²) in [6.07, 6.45) is 6.01. The molecule has 26 heavy (non-hydrogen) atoms. The zero-order chi connectivity index (χ0) is 18.8. The van der Waals surface area contributed by atoms with Gasteiger partial charge in [-0.1, -0.05) is 0 Å². The summed E-state index contributed by atoms with van der Waals surface area (Å²) in [6, 6.07) is 10.8. The van der Waals surface area contributed by atoms with Crippen molar-refractivity contribution in [1.29, 1.82) is 5.41 Å². The van der Waals surface area contributed by atoms with Crippen LogP contribution in [0.5, 0.6) is 17.4 Å². The lowest BCUT2D eigenvalue weighted by Gasteiger charge is -2.06. The highest BCUT2D eigenvalue weighted by Crippen LogP contribution is 2.22. The number of nitrogens with one attached hydrogen (secondary N) is 2. The van der Waals surface area contributed by atoms with Crippen molar-refractivity contribution >= 4 is 17.8 Å². The molecule has 1 saturated heterocycles. The van der Waals surface area contributed by atoms with E-state index in [0.717, 1.165) is 36.9 Å². The van der Waals surface area contributed by atoms with E-state index < -0.39 is 0 Å². The molecule has 4 N–H and O–H groups in total. The summed E-state index contributed by atoms with van der Waals surface area (Å²) in [7, 11) is 1.61. The van der Waals surface area contributed by atoms with E-state index in [2.05, 4.69) is 10.3 Å². The second kappa shape index (κ2) is 9.83. The zero-order valence-corrected chi connectivity index (χ0v) is 14.6. The Balaban J connectivity index is 0.000000782. The molecule has 2 heterocycles. The fraction of sp³-hybridized carbons (Fsp3) is 0.211. The van der Waals surface area contributed by atoms with Crippen molar-refractivity contribution in [1.82, 2.24) is 10.3 Å². The molecule has 1 aromatic heterocycles. The second-order valence-electron chi connectivity index (χ2n) is 5.40. The molecule has 3 rings (SSSR count). The summed E-state index contributed by atoms with van der Waals surface area (Å²) in [4.78, 5) is 14.3. The van der Waals surface area contributed by atoms with E-state index in [1.54, 1.807) is 37.6 Å². The van der Waals surface area contributed by atoms with Crippen LogP contribution in [-0.2, 0) is 4.79 Å². The number of amides is 1. The Morgan fingerprint density at radius 1 is 1.27 bits per heavy atom. The smallest absolute Gasteiger partial charge is 0.220 e. The molecule has 0 unspecified atom stereocenters. The van der Waals surface area contributed by atoms with Crippen molar-refractivity contribution in [3.63, 3.8) is 0 Å². The Morgan fingerprint density at radius 3 is 2.46 bits per heavy atom. The van der Waals surface area contributed by atoms with Crippen LogP contribution >= 0.6 is 0 Å². The van der Waals surface area contributed by atoms with Crippen LogP contribution in [0.3, 0.4) is 0 Å². The van der Waals surface area contributed by atoms with Crippen LogP contribution in [0.25, 0.3) is 5.70 Å². The van der Waals surface area contributed by atoms with Gasteiger partial charge in [-0.05, 0) is 42.8 Å². The van der Waals surface area contributed by atoms with Crippen molar-refractivity contribution in [2.24, 2.45) is 5.73 Å². The summed E-state index contributed by atoms with van der Waals surface area (Å²) >= 11 is 0. The van der Waals surface area contributed by atoms with Crippen LogP contribution < -0.4 is 20.5 Å². The van der Waals surface area contributed by atoms with Crippen LogP contribution in [0, 0.1) is 5.41 Å². The SMILES string of the molecule is COc1ccc(Oc2ccc(/C(N)=C/C=N)cn2)cc1.O=C1CCCN1.[HH].[HH]. The Bertz CT molecular complexity index is 758. The van der Waals surface area contributed by atoms with E-state index in [0.29, 0.717) is 17.3 Å². The molecule has 7 heteroatoms. The zero-order valence-electron chi connectivity index (χ0n) is 14.6. The maximum absolute atomic E-state index is 10.1. The molecular weight excluding hydrogens is 332 g/mol. The highest BCUT2D eigenvalue weighted by atomic mass is 16.5. The Morgan fingerprint density at radius 2 is 2.00 bits per heavy atom. The molecule has 1 aromatic carbocycles. The first-order chi connectivity index (χ1) is 12.6. The van der Waals surface area contributed by atoms with Gasteiger partial charge in [0.2, 0.25) is 11.8 Å². The number of carbonyl (C=O) groups is 1. The van der Waals surface area contributed by atoms with Crippen LogP contribution in [0.2, 0.25) is 0 Å². The first-order valence-electron chi connectivity index (χ1n) is 8.13. The quantitative estimate of drug-likeness (QED) is 0.711. The monoisotopic (exact) mass is 358 g/mol. The average molecular weight is 358 g/mol. The topological polar surface area (TPSA) is 110 Å². The normalized spacial score (nSPS) is 13.3. The minimum Gasteiger partial charge on any atom is -0.497 e. The number of benzene rings is 1. The molecule has 1 aliphatic rings. The number of ether oxygens (including phenoxy) is 2. The standard InChI is InChI=1S/C15H15N3O2.C4H7NO.2H2/c1-19-12-3-5-13(6-4-12)20-15-7-2-11(10-18-15)14(17)8-9-16;6-4-2-1-3-5-4;;/h2-10,16H,17H2,1H3;1-3H2,(H,5,6);2*1H/b14-8-,16-9?;;;. The van der Waals surface area contributed by atoms with Gasteiger partial charge in [-0.3, -0.25) is 4.79 Å². The maximum Gasteiger partial charge on any atom is 0.220 e. The predicted molar refractivity (Wildman–Crippen MR) is 105 cm³/mol. The third kappa shape index (κ3) is 5.94. The molecule has 140 valence electrons. The van der Waals surface area contributed by atoms with Gasteiger partial charge in [-0.2, -0.15) is 0 Å². The molecule has 1 aliphatic heterocycles. The van der Waals surface area contributed by atoms with E-state index in [1.165, 1.54) is 6.08 Å². The largest absolute Gasteiger partial charge is 0.497 e. The number of methoxy groups -OCH3 is 1. The van der Waals surface area contributed by atoms with Gasteiger partial charge in [0.25, 0.3) is 0 Å². The lowest BCUT2D eigenvalue weighted by molar-refractivity contribution is -0.119. The fourth-order valence-electron chi connectivity index (χ4n) is 2.13. The van der Waals surface area contributed by atoms with E-state index in [4.69, 9.17) is 20.6 Å². The van der Waals surface area contributed by atoms with E-state index >= 15 is 0 Å². The number of hydrogen-bond acceptors (Lipinski definition) is 6. The van der Waals surface area contributed by atoms with Crippen LogP contribution in [0.4, 0.5) is 0 Å². The molecule has 0 radical (unpaired) electrons. The number of allylic oxidation sites excluding steroid dienone is 1. The van der Waals surface area contributed by atoms with Crippen LogP contribution in [0.1, 0.15) is 21.3 Å². The van der Waals surface area contributed by atoms with E-state index in [1.807, 2.05) is 12.1 Å².